The van der Waals surface area contributed by atoms with Gasteiger partial charge in [0.1, 0.15) is 13.2 Å². The molecule has 1 aromatic carbocycles. The molecule has 0 saturated carbocycles. The van der Waals surface area contributed by atoms with E-state index in [-0.39, 0.29) is 19.3 Å². The Balaban J connectivity index is 1.63. The molecule has 0 aromatic heterocycles. The van der Waals surface area contributed by atoms with Gasteiger partial charge in [-0.15, -0.1) is 0 Å². The maximum absolute atomic E-state index is 11.3. The summed E-state index contributed by atoms with van der Waals surface area (Å²) < 4.78 is 15.0. The Morgan fingerprint density at radius 2 is 2.11 bits per heavy atom. The van der Waals surface area contributed by atoms with Gasteiger partial charge in [0.2, 0.25) is 0 Å². The van der Waals surface area contributed by atoms with Crippen molar-refractivity contribution in [3.63, 3.8) is 0 Å². The molecular weight excluding hydrogens is 236 g/mol. The van der Waals surface area contributed by atoms with Crippen molar-refractivity contribution < 1.29 is 24.1 Å². The Morgan fingerprint density at radius 3 is 2.78 bits per heavy atom. The molecule has 2 unspecified atom stereocenters. The Labute approximate surface area is 105 Å². The molecule has 98 valence electrons. The molecule has 1 fully saturated rings. The molecule has 18 heavy (non-hydrogen) atoms. The van der Waals surface area contributed by atoms with E-state index in [0.717, 1.165) is 5.56 Å². The molecule has 2 rings (SSSR count). The molecule has 1 N–H and O–H groups in total. The van der Waals surface area contributed by atoms with Gasteiger partial charge < -0.3 is 19.3 Å². The van der Waals surface area contributed by atoms with Crippen LogP contribution >= 0.6 is 0 Å². The fourth-order valence-corrected chi connectivity index (χ4v) is 1.72. The van der Waals surface area contributed by atoms with Gasteiger partial charge >= 0.3 is 6.16 Å². The van der Waals surface area contributed by atoms with Gasteiger partial charge in [0.15, 0.2) is 0 Å². The van der Waals surface area contributed by atoms with Crippen molar-refractivity contribution in [3.05, 3.63) is 35.9 Å². The zero-order valence-corrected chi connectivity index (χ0v) is 9.95. The largest absolute Gasteiger partial charge is 0.508 e. The molecule has 5 nitrogen and oxygen atoms in total. The topological polar surface area (TPSA) is 65.0 Å². The summed E-state index contributed by atoms with van der Waals surface area (Å²) in [6.07, 6.45) is -0.918. The first-order chi connectivity index (χ1) is 8.74. The minimum absolute atomic E-state index is 0.116. The number of carbonyl (C=O) groups excluding carboxylic acids is 1. The highest BCUT2D eigenvalue weighted by molar-refractivity contribution is 5.59. The maximum Gasteiger partial charge on any atom is 0.508 e. The van der Waals surface area contributed by atoms with Crippen molar-refractivity contribution in [2.45, 2.75) is 25.2 Å². The smallest absolute Gasteiger partial charge is 0.432 e. The van der Waals surface area contributed by atoms with Gasteiger partial charge in [0.25, 0.3) is 0 Å². The molecule has 0 radical (unpaired) electrons. The second-order valence-corrected chi connectivity index (χ2v) is 4.18. The molecule has 0 aliphatic carbocycles. The van der Waals surface area contributed by atoms with E-state index in [0.29, 0.717) is 13.0 Å². The second kappa shape index (κ2) is 6.37. The summed E-state index contributed by atoms with van der Waals surface area (Å²) in [6.45, 7) is 0.603. The quantitative estimate of drug-likeness (QED) is 0.822. The number of aliphatic hydroxyl groups is 1. The van der Waals surface area contributed by atoms with E-state index in [1.807, 2.05) is 30.3 Å². The summed E-state index contributed by atoms with van der Waals surface area (Å²) in [4.78, 5) is 11.3. The summed E-state index contributed by atoms with van der Waals surface area (Å²) in [5, 5.41) is 9.22. The van der Waals surface area contributed by atoms with Crippen LogP contribution in [0.2, 0.25) is 0 Å². The molecular formula is C13H16O5. The number of ether oxygens (including phenoxy) is 3. The zero-order chi connectivity index (χ0) is 12.8. The predicted octanol–water partition coefficient (Wildman–Crippen LogP) is 1.49. The van der Waals surface area contributed by atoms with Crippen molar-refractivity contribution in [2.24, 2.45) is 0 Å². The molecule has 1 aromatic rings. The van der Waals surface area contributed by atoms with E-state index >= 15 is 0 Å². The van der Waals surface area contributed by atoms with Gasteiger partial charge in [0, 0.05) is 6.42 Å². The lowest BCUT2D eigenvalue weighted by Gasteiger charge is -2.10. The Bertz CT molecular complexity index is 378. The molecule has 1 aliphatic rings. The van der Waals surface area contributed by atoms with Gasteiger partial charge in [-0.25, -0.2) is 4.79 Å². The molecule has 1 aliphatic heterocycles. The standard InChI is InChI=1S/C13H16O5/c14-11-6-12(16-8-11)9-18-13(15)17-7-10-4-2-1-3-5-10/h1-5,11-12,14H,6-9H2. The number of hydrogen-bond acceptors (Lipinski definition) is 5. The number of aliphatic hydroxyl groups excluding tert-OH is 1. The van der Waals surface area contributed by atoms with Crippen LogP contribution in [0, 0.1) is 0 Å². The fourth-order valence-electron chi connectivity index (χ4n) is 1.72. The molecule has 1 saturated heterocycles. The molecule has 5 heteroatoms. The Hall–Kier alpha value is -1.59. The zero-order valence-electron chi connectivity index (χ0n) is 9.95. The SMILES string of the molecule is O=C(OCc1ccccc1)OCC1CC(O)CO1. The average Bonchev–Trinajstić information content (AvgIpc) is 2.81. The van der Waals surface area contributed by atoms with E-state index in [4.69, 9.17) is 14.2 Å². The van der Waals surface area contributed by atoms with Crippen LogP contribution in [0.5, 0.6) is 0 Å². The first kappa shape index (κ1) is 12.9. The summed E-state index contributed by atoms with van der Waals surface area (Å²) >= 11 is 0. The van der Waals surface area contributed by atoms with Gasteiger partial charge in [0.05, 0.1) is 18.8 Å². The summed E-state index contributed by atoms with van der Waals surface area (Å²) in [5.41, 5.74) is 0.905. The maximum atomic E-state index is 11.3. The van der Waals surface area contributed by atoms with Crippen molar-refractivity contribution >= 4 is 6.16 Å². The van der Waals surface area contributed by atoms with Gasteiger partial charge in [-0.3, -0.25) is 0 Å². The summed E-state index contributed by atoms with van der Waals surface area (Å²) in [7, 11) is 0. The third-order valence-electron chi connectivity index (χ3n) is 2.65. The van der Waals surface area contributed by atoms with Crippen LogP contribution in [-0.4, -0.2) is 36.7 Å². The van der Waals surface area contributed by atoms with Crippen LogP contribution in [0.25, 0.3) is 0 Å². The summed E-state index contributed by atoms with van der Waals surface area (Å²) in [6, 6.07) is 9.37. The molecule has 0 spiro atoms. The van der Waals surface area contributed by atoms with Crippen LogP contribution in [0.1, 0.15) is 12.0 Å². The first-order valence-corrected chi connectivity index (χ1v) is 5.87. The van der Waals surface area contributed by atoms with Gasteiger partial charge in [-0.1, -0.05) is 30.3 Å². The van der Waals surface area contributed by atoms with Gasteiger partial charge in [-0.2, -0.15) is 0 Å². The lowest BCUT2D eigenvalue weighted by molar-refractivity contribution is 0.00415. The van der Waals surface area contributed by atoms with Crippen LogP contribution in [0.4, 0.5) is 4.79 Å². The molecule has 0 amide bonds. The Kier molecular flexibility index (Phi) is 4.55. The van der Waals surface area contributed by atoms with Crippen LogP contribution in [0.15, 0.2) is 30.3 Å². The lowest BCUT2D eigenvalue weighted by atomic mass is 10.2. The monoisotopic (exact) mass is 252 g/mol. The highest BCUT2D eigenvalue weighted by Gasteiger charge is 2.24. The first-order valence-electron chi connectivity index (χ1n) is 5.87. The summed E-state index contributed by atoms with van der Waals surface area (Å²) in [5.74, 6) is 0. The normalized spacial score (nSPS) is 22.7. The van der Waals surface area contributed by atoms with E-state index in [1.165, 1.54) is 0 Å². The van der Waals surface area contributed by atoms with E-state index in [9.17, 15) is 9.90 Å². The number of rotatable bonds is 4. The van der Waals surface area contributed by atoms with Crippen molar-refractivity contribution in [1.82, 2.24) is 0 Å². The van der Waals surface area contributed by atoms with Crippen LogP contribution < -0.4 is 0 Å². The third kappa shape index (κ3) is 4.01. The lowest BCUT2D eigenvalue weighted by Crippen LogP contribution is -2.19. The average molecular weight is 252 g/mol. The molecule has 0 bridgehead atoms. The van der Waals surface area contributed by atoms with E-state index in [2.05, 4.69) is 0 Å². The Morgan fingerprint density at radius 1 is 1.33 bits per heavy atom. The minimum atomic E-state index is -0.719. The highest BCUT2D eigenvalue weighted by atomic mass is 16.7. The molecule has 1 heterocycles. The number of benzene rings is 1. The third-order valence-corrected chi connectivity index (χ3v) is 2.65. The fraction of sp³-hybridized carbons (Fsp3) is 0.462. The number of hydrogen-bond donors (Lipinski definition) is 1. The minimum Gasteiger partial charge on any atom is -0.432 e. The highest BCUT2D eigenvalue weighted by Crippen LogP contribution is 2.13. The van der Waals surface area contributed by atoms with Crippen molar-refractivity contribution in [2.75, 3.05) is 13.2 Å². The number of carbonyl (C=O) groups is 1. The second-order valence-electron chi connectivity index (χ2n) is 4.18. The van der Waals surface area contributed by atoms with Gasteiger partial charge in [-0.05, 0) is 5.56 Å². The van der Waals surface area contributed by atoms with Crippen LogP contribution in [-0.2, 0) is 20.8 Å². The molecule has 2 atom stereocenters. The van der Waals surface area contributed by atoms with Crippen LogP contribution in [0.3, 0.4) is 0 Å². The van der Waals surface area contributed by atoms with Crippen molar-refractivity contribution in [1.29, 1.82) is 0 Å². The van der Waals surface area contributed by atoms with E-state index < -0.39 is 12.3 Å². The predicted molar refractivity (Wildman–Crippen MR) is 62.9 cm³/mol. The van der Waals surface area contributed by atoms with Crippen molar-refractivity contribution in [3.8, 4) is 0 Å². The van der Waals surface area contributed by atoms with E-state index in [1.54, 1.807) is 0 Å².